The molecule has 0 saturated carbocycles. The molecule has 4 N–H and O–H groups in total. The number of hydrogen-bond donors (Lipinski definition) is 3. The number of carboxylic acid groups (broad SMARTS) is 1. The molecule has 0 aromatic heterocycles. The van der Waals surface area contributed by atoms with Gasteiger partial charge >= 0.3 is 18.0 Å². The molecule has 0 spiro atoms. The zero-order valence-corrected chi connectivity index (χ0v) is 14.5. The van der Waals surface area contributed by atoms with Crippen LogP contribution in [-0.4, -0.2) is 70.9 Å². The van der Waals surface area contributed by atoms with Crippen molar-refractivity contribution in [2.75, 3.05) is 19.5 Å². The van der Waals surface area contributed by atoms with Crippen molar-refractivity contribution in [1.29, 1.82) is 0 Å². The molecule has 2 aliphatic heterocycles. The van der Waals surface area contributed by atoms with E-state index in [2.05, 4.69) is 14.8 Å². The second-order valence-electron chi connectivity index (χ2n) is 5.60. The lowest BCUT2D eigenvalue weighted by molar-refractivity contribution is -0.150. The predicted octanol–water partition coefficient (Wildman–Crippen LogP) is -0.755. The molecule has 2 aliphatic rings. The molecule has 10 nitrogen and oxygen atoms in total. The number of esters is 1. The van der Waals surface area contributed by atoms with Gasteiger partial charge in [0.2, 0.25) is 5.91 Å². The predicted molar refractivity (Wildman–Crippen MR) is 86.3 cm³/mol. The lowest BCUT2D eigenvalue weighted by Gasteiger charge is -2.50. The summed E-state index contributed by atoms with van der Waals surface area (Å²) in [5.74, 6) is -1.81. The highest BCUT2D eigenvalue weighted by Crippen LogP contribution is 2.40. The van der Waals surface area contributed by atoms with Gasteiger partial charge in [-0.2, -0.15) is 0 Å². The molecule has 2 amide bonds. The Hall–Kier alpha value is -2.27. The fourth-order valence-electron chi connectivity index (χ4n) is 2.67. The summed E-state index contributed by atoms with van der Waals surface area (Å²) in [5.41, 5.74) is 5.02. The lowest BCUT2D eigenvalue weighted by Crippen LogP contribution is -2.71. The van der Waals surface area contributed by atoms with Crippen LogP contribution in [0.15, 0.2) is 11.3 Å². The van der Waals surface area contributed by atoms with E-state index < -0.39 is 35.4 Å². The third-order valence-corrected chi connectivity index (χ3v) is 5.14. The highest BCUT2D eigenvalue weighted by molar-refractivity contribution is 8.00. The average molecular weight is 373 g/mol. The number of nitrogens with zero attached hydrogens (tertiary/aromatic N) is 1. The molecular formula is C14H19N3O7S. The largest absolute Gasteiger partial charge is 0.477 e. The van der Waals surface area contributed by atoms with E-state index in [1.807, 2.05) is 0 Å². The normalized spacial score (nSPS) is 23.4. The van der Waals surface area contributed by atoms with Crippen molar-refractivity contribution >= 4 is 35.7 Å². The maximum atomic E-state index is 12.4. The Kier molecular flexibility index (Phi) is 5.90. The van der Waals surface area contributed by atoms with Crippen molar-refractivity contribution in [3.05, 3.63) is 11.3 Å². The third-order valence-electron chi connectivity index (χ3n) is 3.80. The summed E-state index contributed by atoms with van der Waals surface area (Å²) in [6.45, 7) is 1.46. The van der Waals surface area contributed by atoms with Crippen molar-refractivity contribution in [3.8, 4) is 0 Å². The molecule has 0 aromatic rings. The maximum Gasteiger partial charge on any atom is 0.404 e. The Morgan fingerprint density at radius 3 is 2.72 bits per heavy atom. The summed E-state index contributed by atoms with van der Waals surface area (Å²) in [6, 6.07) is -0.904. The first-order valence-electron chi connectivity index (χ1n) is 7.41. The highest BCUT2D eigenvalue weighted by atomic mass is 32.2. The molecule has 0 bridgehead atoms. The van der Waals surface area contributed by atoms with Crippen LogP contribution in [0.4, 0.5) is 4.79 Å². The first-order valence-corrected chi connectivity index (χ1v) is 8.46. The second kappa shape index (κ2) is 7.74. The van der Waals surface area contributed by atoms with Gasteiger partial charge in [0, 0.05) is 17.4 Å². The van der Waals surface area contributed by atoms with Crippen molar-refractivity contribution in [3.63, 3.8) is 0 Å². The van der Waals surface area contributed by atoms with Crippen LogP contribution in [0.25, 0.3) is 0 Å². The van der Waals surface area contributed by atoms with Gasteiger partial charge in [-0.05, 0) is 6.92 Å². The fourth-order valence-corrected chi connectivity index (χ4v) is 4.01. The van der Waals surface area contributed by atoms with Crippen molar-refractivity contribution in [2.45, 2.75) is 30.8 Å². The maximum absolute atomic E-state index is 12.4. The molecule has 2 unspecified atom stereocenters. The number of hydrogen-bond acceptors (Lipinski definition) is 8. The molecule has 1 saturated heterocycles. The van der Waals surface area contributed by atoms with Gasteiger partial charge in [0.05, 0.1) is 13.5 Å². The molecule has 2 rings (SSSR count). The Labute approximate surface area is 147 Å². The number of ether oxygens (including phenoxy) is 2. The van der Waals surface area contributed by atoms with Crippen LogP contribution in [0.2, 0.25) is 0 Å². The van der Waals surface area contributed by atoms with Crippen LogP contribution in [0, 0.1) is 0 Å². The molecule has 0 aromatic carbocycles. The Morgan fingerprint density at radius 1 is 1.48 bits per heavy atom. The zero-order valence-electron chi connectivity index (χ0n) is 13.7. The number of aliphatic carboxylic acids is 1. The average Bonchev–Trinajstić information content (AvgIpc) is 2.56. The van der Waals surface area contributed by atoms with Gasteiger partial charge in [-0.3, -0.25) is 14.5 Å². The van der Waals surface area contributed by atoms with Gasteiger partial charge in [0.1, 0.15) is 23.7 Å². The van der Waals surface area contributed by atoms with Crippen LogP contribution in [0.5, 0.6) is 0 Å². The molecule has 0 radical (unpaired) electrons. The van der Waals surface area contributed by atoms with Crippen molar-refractivity contribution < 1.29 is 33.8 Å². The standard InChI is InChI=1S/C14H19N3O7S/c1-6(3-8(18)23-2)16-9-11(19)17-10(13(20)21)7(4-24-14(15)22)5-25-12(9)17/h6,9,12,16H,3-5H2,1-2H3,(H2,15,22)(H,20,21)/t6?,9?,12-/m0/s1. The van der Waals surface area contributed by atoms with Gasteiger partial charge in [-0.25, -0.2) is 9.59 Å². The number of rotatable bonds is 7. The smallest absolute Gasteiger partial charge is 0.404 e. The number of β-lactam (4-membered cyclic amide) rings is 1. The quantitative estimate of drug-likeness (QED) is 0.387. The van der Waals surface area contributed by atoms with E-state index in [-0.39, 0.29) is 30.5 Å². The summed E-state index contributed by atoms with van der Waals surface area (Å²) in [7, 11) is 1.28. The van der Waals surface area contributed by atoms with E-state index in [0.717, 1.165) is 0 Å². The minimum atomic E-state index is -1.28. The third kappa shape index (κ3) is 4.04. The summed E-state index contributed by atoms with van der Waals surface area (Å²) < 4.78 is 9.23. The second-order valence-corrected chi connectivity index (χ2v) is 6.71. The SMILES string of the molecule is COC(=O)CC(C)NC1C(=O)N2C(C(=O)O)=C(COC(N)=O)CS[C@@H]12. The molecule has 11 heteroatoms. The van der Waals surface area contributed by atoms with Gasteiger partial charge in [0.15, 0.2) is 0 Å². The summed E-state index contributed by atoms with van der Waals surface area (Å²) in [6.07, 6.45) is -0.924. The number of thioether (sulfide) groups is 1. The number of fused-ring (bicyclic) bond motifs is 1. The number of carboxylic acids is 1. The zero-order chi connectivity index (χ0) is 18.7. The number of primary amides is 1. The number of methoxy groups -OCH3 is 1. The van der Waals surface area contributed by atoms with Crippen LogP contribution in [0.1, 0.15) is 13.3 Å². The first kappa shape index (κ1) is 19.1. The van der Waals surface area contributed by atoms with E-state index in [0.29, 0.717) is 5.57 Å². The summed E-state index contributed by atoms with van der Waals surface area (Å²) in [4.78, 5) is 47.1. The van der Waals surface area contributed by atoms with E-state index in [9.17, 15) is 24.3 Å². The molecule has 0 aliphatic carbocycles. The number of nitrogens with two attached hydrogens (primary N) is 1. The van der Waals surface area contributed by atoms with E-state index in [4.69, 9.17) is 5.73 Å². The van der Waals surface area contributed by atoms with Crippen LogP contribution < -0.4 is 11.1 Å². The van der Waals surface area contributed by atoms with Crippen LogP contribution in [0.3, 0.4) is 0 Å². The number of carbonyl (C=O) groups excluding carboxylic acids is 3. The minimum absolute atomic E-state index is 0.0942. The van der Waals surface area contributed by atoms with Crippen molar-refractivity contribution in [1.82, 2.24) is 10.2 Å². The first-order chi connectivity index (χ1) is 11.8. The molecule has 2 heterocycles. The minimum Gasteiger partial charge on any atom is -0.477 e. The summed E-state index contributed by atoms with van der Waals surface area (Å²) in [5, 5.41) is 12.0. The van der Waals surface area contributed by atoms with Crippen LogP contribution >= 0.6 is 11.8 Å². The molecule has 138 valence electrons. The Balaban J connectivity index is 2.09. The van der Waals surface area contributed by atoms with E-state index in [1.54, 1.807) is 6.92 Å². The van der Waals surface area contributed by atoms with Gasteiger partial charge in [-0.1, -0.05) is 0 Å². The number of carbonyl (C=O) groups is 4. The highest BCUT2D eigenvalue weighted by Gasteiger charge is 2.53. The van der Waals surface area contributed by atoms with E-state index in [1.165, 1.54) is 23.8 Å². The van der Waals surface area contributed by atoms with Gasteiger partial charge < -0.3 is 25.6 Å². The van der Waals surface area contributed by atoms with Gasteiger partial charge in [-0.15, -0.1) is 11.8 Å². The van der Waals surface area contributed by atoms with Crippen LogP contribution in [-0.2, 0) is 23.9 Å². The molecule has 1 fully saturated rings. The molecule has 25 heavy (non-hydrogen) atoms. The molecule has 3 atom stereocenters. The number of amides is 2. The topological polar surface area (TPSA) is 148 Å². The number of nitrogens with one attached hydrogen (secondary N) is 1. The van der Waals surface area contributed by atoms with Crippen molar-refractivity contribution in [2.24, 2.45) is 5.73 Å². The lowest BCUT2D eigenvalue weighted by atomic mass is 10.0. The Bertz CT molecular complexity index is 636. The fraction of sp³-hybridized carbons (Fsp3) is 0.571. The van der Waals surface area contributed by atoms with Gasteiger partial charge in [0.25, 0.3) is 0 Å². The summed E-state index contributed by atoms with van der Waals surface area (Å²) >= 11 is 1.35. The molecular weight excluding hydrogens is 354 g/mol. The Morgan fingerprint density at radius 2 is 2.16 bits per heavy atom. The van der Waals surface area contributed by atoms with E-state index >= 15 is 0 Å². The monoisotopic (exact) mass is 373 g/mol.